The second kappa shape index (κ2) is 7.22. The van der Waals surface area contributed by atoms with Crippen LogP contribution in [0.15, 0.2) is 47.2 Å². The van der Waals surface area contributed by atoms with E-state index in [4.69, 9.17) is 4.74 Å². The highest BCUT2D eigenvalue weighted by molar-refractivity contribution is 9.10. The van der Waals surface area contributed by atoms with Crippen molar-refractivity contribution in [1.29, 1.82) is 0 Å². The van der Waals surface area contributed by atoms with Crippen LogP contribution in [0.2, 0.25) is 0 Å². The maximum atomic E-state index is 12.1. The lowest BCUT2D eigenvalue weighted by Gasteiger charge is -2.14. The van der Waals surface area contributed by atoms with Crippen molar-refractivity contribution in [1.82, 2.24) is 10.3 Å². The molecule has 0 radical (unpaired) electrons. The van der Waals surface area contributed by atoms with E-state index in [1.165, 1.54) is 0 Å². The van der Waals surface area contributed by atoms with Gasteiger partial charge in [0, 0.05) is 22.9 Å². The molecule has 0 fully saturated rings. The van der Waals surface area contributed by atoms with E-state index in [0.717, 1.165) is 22.2 Å². The molecule has 1 atom stereocenters. The van der Waals surface area contributed by atoms with E-state index < -0.39 is 0 Å². The molecule has 0 bridgehead atoms. The summed E-state index contributed by atoms with van der Waals surface area (Å²) < 4.78 is 5.99. The molecule has 1 amide bonds. The molecule has 0 spiro atoms. The smallest absolute Gasteiger partial charge is 0.253 e. The highest BCUT2D eigenvalue weighted by Gasteiger charge is 2.11. The molecule has 1 aromatic heterocycles. The molecular weight excluding hydrogens is 332 g/mol. The van der Waals surface area contributed by atoms with Gasteiger partial charge in [0.25, 0.3) is 5.91 Å². The van der Waals surface area contributed by atoms with Crippen LogP contribution >= 0.6 is 15.9 Å². The van der Waals surface area contributed by atoms with Crippen molar-refractivity contribution in [2.24, 2.45) is 0 Å². The van der Waals surface area contributed by atoms with Gasteiger partial charge in [-0.2, -0.15) is 0 Å². The van der Waals surface area contributed by atoms with Crippen LogP contribution in [0.3, 0.4) is 0 Å². The van der Waals surface area contributed by atoms with Gasteiger partial charge >= 0.3 is 0 Å². The van der Waals surface area contributed by atoms with Crippen molar-refractivity contribution in [3.05, 3.63) is 58.3 Å². The zero-order chi connectivity index (χ0) is 15.2. The molecule has 0 saturated heterocycles. The predicted molar refractivity (Wildman–Crippen MR) is 85.6 cm³/mol. The van der Waals surface area contributed by atoms with Gasteiger partial charge in [-0.1, -0.05) is 12.1 Å². The molecule has 1 unspecified atom stereocenters. The topological polar surface area (TPSA) is 51.2 Å². The van der Waals surface area contributed by atoms with Gasteiger partial charge in [-0.3, -0.25) is 9.78 Å². The van der Waals surface area contributed by atoms with Gasteiger partial charge in [-0.25, -0.2) is 0 Å². The highest BCUT2D eigenvalue weighted by Crippen LogP contribution is 2.14. The molecule has 4 nitrogen and oxygen atoms in total. The summed E-state index contributed by atoms with van der Waals surface area (Å²) in [6.45, 7) is 1.97. The second-order valence-electron chi connectivity index (χ2n) is 4.82. The summed E-state index contributed by atoms with van der Waals surface area (Å²) in [6.07, 6.45) is 3.94. The van der Waals surface area contributed by atoms with Crippen molar-refractivity contribution in [2.75, 3.05) is 7.11 Å². The van der Waals surface area contributed by atoms with Crippen molar-refractivity contribution >= 4 is 21.8 Å². The molecule has 1 aromatic carbocycles. The van der Waals surface area contributed by atoms with E-state index in [1.807, 2.05) is 31.2 Å². The van der Waals surface area contributed by atoms with Crippen molar-refractivity contribution in [2.45, 2.75) is 19.4 Å². The Morgan fingerprint density at radius 3 is 2.90 bits per heavy atom. The largest absolute Gasteiger partial charge is 0.497 e. The van der Waals surface area contributed by atoms with Gasteiger partial charge in [0.1, 0.15) is 5.75 Å². The molecule has 0 aliphatic rings. The second-order valence-corrected chi connectivity index (χ2v) is 5.74. The Hall–Kier alpha value is -1.88. The normalized spacial score (nSPS) is 11.8. The van der Waals surface area contributed by atoms with Crippen LogP contribution in [0.25, 0.3) is 0 Å². The first kappa shape index (κ1) is 15.5. The van der Waals surface area contributed by atoms with E-state index in [2.05, 4.69) is 26.2 Å². The average Bonchev–Trinajstić information content (AvgIpc) is 2.47. The monoisotopic (exact) mass is 348 g/mol. The first-order valence-electron chi connectivity index (χ1n) is 6.63. The Balaban J connectivity index is 1.97. The van der Waals surface area contributed by atoms with Crippen LogP contribution in [0, 0.1) is 0 Å². The van der Waals surface area contributed by atoms with Crippen LogP contribution in [0.1, 0.15) is 22.8 Å². The van der Waals surface area contributed by atoms with Crippen molar-refractivity contribution < 1.29 is 9.53 Å². The Labute approximate surface area is 132 Å². The van der Waals surface area contributed by atoms with E-state index in [9.17, 15) is 4.79 Å². The van der Waals surface area contributed by atoms with Crippen LogP contribution in [0.5, 0.6) is 5.75 Å². The van der Waals surface area contributed by atoms with Gasteiger partial charge in [0.05, 0.1) is 12.7 Å². The zero-order valence-corrected chi connectivity index (χ0v) is 13.6. The Kier molecular flexibility index (Phi) is 5.33. The van der Waals surface area contributed by atoms with Gasteiger partial charge in [0.15, 0.2) is 0 Å². The lowest BCUT2D eigenvalue weighted by Crippen LogP contribution is -2.34. The molecule has 0 saturated carbocycles. The number of carbonyl (C=O) groups is 1. The molecule has 0 aliphatic carbocycles. The summed E-state index contributed by atoms with van der Waals surface area (Å²) in [5.41, 5.74) is 1.66. The number of methoxy groups -OCH3 is 1. The third-order valence-corrected chi connectivity index (χ3v) is 3.45. The summed E-state index contributed by atoms with van der Waals surface area (Å²) in [4.78, 5) is 16.1. The zero-order valence-electron chi connectivity index (χ0n) is 12.0. The van der Waals surface area contributed by atoms with Crippen molar-refractivity contribution in [3.8, 4) is 5.75 Å². The fourth-order valence-corrected chi connectivity index (χ4v) is 2.41. The third kappa shape index (κ3) is 4.56. The fourth-order valence-electron chi connectivity index (χ4n) is 2.05. The Bertz CT molecular complexity index is 631. The Morgan fingerprint density at radius 1 is 1.38 bits per heavy atom. The maximum Gasteiger partial charge on any atom is 0.253 e. The summed E-state index contributed by atoms with van der Waals surface area (Å²) in [5, 5.41) is 2.97. The molecule has 2 rings (SSSR count). The summed E-state index contributed by atoms with van der Waals surface area (Å²) in [7, 11) is 1.64. The van der Waals surface area contributed by atoms with E-state index in [0.29, 0.717) is 5.56 Å². The molecule has 21 heavy (non-hydrogen) atoms. The molecular formula is C16H17BrN2O2. The number of halogens is 1. The van der Waals surface area contributed by atoms with Gasteiger partial charge in [0.2, 0.25) is 0 Å². The lowest BCUT2D eigenvalue weighted by molar-refractivity contribution is 0.0939. The SMILES string of the molecule is COc1cccc(CC(C)NC(=O)c2cncc(Br)c2)c1. The van der Waals surface area contributed by atoms with Crippen molar-refractivity contribution in [3.63, 3.8) is 0 Å². The number of carbonyl (C=O) groups excluding carboxylic acids is 1. The molecule has 0 aliphatic heterocycles. The molecule has 1 heterocycles. The molecule has 1 N–H and O–H groups in total. The van der Waals surface area contributed by atoms with E-state index in [1.54, 1.807) is 25.6 Å². The first-order valence-corrected chi connectivity index (χ1v) is 7.42. The first-order chi connectivity index (χ1) is 10.1. The quantitative estimate of drug-likeness (QED) is 0.902. The maximum absolute atomic E-state index is 12.1. The lowest BCUT2D eigenvalue weighted by atomic mass is 10.1. The number of hydrogen-bond donors (Lipinski definition) is 1. The molecule has 2 aromatic rings. The highest BCUT2D eigenvalue weighted by atomic mass is 79.9. The average molecular weight is 349 g/mol. The standard InChI is InChI=1S/C16H17BrN2O2/c1-11(6-12-4-3-5-15(7-12)21-2)19-16(20)13-8-14(17)10-18-9-13/h3-5,7-11H,6H2,1-2H3,(H,19,20). The van der Waals surface area contributed by atoms with Gasteiger partial charge in [-0.05, 0) is 53.0 Å². The number of pyridine rings is 1. The molecule has 110 valence electrons. The van der Waals surface area contributed by atoms with Crippen LogP contribution < -0.4 is 10.1 Å². The van der Waals surface area contributed by atoms with E-state index >= 15 is 0 Å². The summed E-state index contributed by atoms with van der Waals surface area (Å²) in [6, 6.07) is 9.61. The van der Waals surface area contributed by atoms with Gasteiger partial charge in [-0.15, -0.1) is 0 Å². The minimum atomic E-state index is -0.126. The number of rotatable bonds is 5. The number of ether oxygens (including phenoxy) is 1. The minimum absolute atomic E-state index is 0.0172. The third-order valence-electron chi connectivity index (χ3n) is 3.02. The number of amides is 1. The predicted octanol–water partition coefficient (Wildman–Crippen LogP) is 3.21. The minimum Gasteiger partial charge on any atom is -0.497 e. The van der Waals surface area contributed by atoms with Gasteiger partial charge < -0.3 is 10.1 Å². The number of nitrogens with one attached hydrogen (secondary N) is 1. The number of hydrogen-bond acceptors (Lipinski definition) is 3. The summed E-state index contributed by atoms with van der Waals surface area (Å²) >= 11 is 3.31. The van der Waals surface area contributed by atoms with Crippen LogP contribution in [-0.2, 0) is 6.42 Å². The number of aromatic nitrogens is 1. The van der Waals surface area contributed by atoms with Crippen LogP contribution in [0.4, 0.5) is 0 Å². The molecule has 5 heteroatoms. The number of nitrogens with zero attached hydrogens (tertiary/aromatic N) is 1. The summed E-state index contributed by atoms with van der Waals surface area (Å²) in [5.74, 6) is 0.696. The Morgan fingerprint density at radius 2 is 2.19 bits per heavy atom. The van der Waals surface area contributed by atoms with Crippen LogP contribution in [-0.4, -0.2) is 24.0 Å². The number of benzene rings is 1. The fraction of sp³-hybridized carbons (Fsp3) is 0.250. The van der Waals surface area contributed by atoms with E-state index in [-0.39, 0.29) is 11.9 Å².